The Morgan fingerprint density at radius 1 is 1.08 bits per heavy atom. The lowest BCUT2D eigenvalue weighted by Gasteiger charge is -2.28. The molecule has 3 aromatic carbocycles. The Kier molecular flexibility index (Phi) is 7.56. The van der Waals surface area contributed by atoms with Crippen LogP contribution in [0.2, 0.25) is 5.02 Å². The van der Waals surface area contributed by atoms with Gasteiger partial charge in [0.2, 0.25) is 5.91 Å². The molecule has 0 aromatic heterocycles. The van der Waals surface area contributed by atoms with Gasteiger partial charge in [-0.05, 0) is 49.4 Å². The molecule has 37 heavy (non-hydrogen) atoms. The van der Waals surface area contributed by atoms with Crippen LogP contribution in [-0.2, 0) is 21.0 Å². The number of nitrogens with zero attached hydrogens (tertiary/aromatic N) is 1. The minimum Gasteiger partial charge on any atom is -0.486 e. The highest BCUT2D eigenvalue weighted by molar-refractivity contribution is 7.92. The lowest BCUT2D eigenvalue weighted by Crippen LogP contribution is -2.45. The fourth-order valence-electron chi connectivity index (χ4n) is 3.62. The second-order valence-electron chi connectivity index (χ2n) is 8.29. The summed E-state index contributed by atoms with van der Waals surface area (Å²) in [5.74, 6) is 0.308. The molecule has 0 spiro atoms. The van der Waals surface area contributed by atoms with E-state index in [9.17, 15) is 26.4 Å². The summed E-state index contributed by atoms with van der Waals surface area (Å²) >= 11 is 5.72. The normalized spacial score (nSPS) is 15.2. The van der Waals surface area contributed by atoms with Crippen LogP contribution in [0.5, 0.6) is 11.5 Å². The van der Waals surface area contributed by atoms with Gasteiger partial charge in [-0.1, -0.05) is 41.4 Å². The predicted molar refractivity (Wildman–Crippen MR) is 132 cm³/mol. The number of carbonyl (C=O) groups excluding carboxylic acids is 1. The molecule has 3 aromatic rings. The highest BCUT2D eigenvalue weighted by Crippen LogP contribution is 2.38. The van der Waals surface area contributed by atoms with Crippen LogP contribution in [0.4, 0.5) is 18.9 Å². The molecule has 0 bridgehead atoms. The average Bonchev–Trinajstić information content (AvgIpc) is 2.86. The third-order valence-electron chi connectivity index (χ3n) is 5.53. The quantitative estimate of drug-likeness (QED) is 0.453. The number of sulfonamides is 1. The predicted octanol–water partition coefficient (Wildman–Crippen LogP) is 4.82. The van der Waals surface area contributed by atoms with Gasteiger partial charge in [-0.2, -0.15) is 13.2 Å². The van der Waals surface area contributed by atoms with E-state index in [1.165, 1.54) is 12.1 Å². The molecule has 0 aliphatic carbocycles. The van der Waals surface area contributed by atoms with Crippen LogP contribution in [0.15, 0.2) is 71.6 Å². The molecule has 1 aliphatic heterocycles. The number of carbonyl (C=O) groups is 1. The van der Waals surface area contributed by atoms with Gasteiger partial charge < -0.3 is 14.8 Å². The third-order valence-corrected chi connectivity index (χ3v) is 7.65. The van der Waals surface area contributed by atoms with Gasteiger partial charge in [0.1, 0.15) is 19.3 Å². The SMILES string of the molecule is Cc1ccc(S(=O)(=O)N(CC(=O)NC[C@@H]2COc3ccccc3O2)c2ccc(Cl)c(C(F)(F)F)c2)cc1. The highest BCUT2D eigenvalue weighted by atomic mass is 35.5. The topological polar surface area (TPSA) is 84.9 Å². The second kappa shape index (κ2) is 10.5. The van der Waals surface area contributed by atoms with E-state index >= 15 is 0 Å². The van der Waals surface area contributed by atoms with Crippen molar-refractivity contribution in [2.75, 3.05) is 24.0 Å². The molecule has 1 amide bonds. The molecule has 12 heteroatoms. The van der Waals surface area contributed by atoms with Crippen molar-refractivity contribution in [1.29, 1.82) is 0 Å². The van der Waals surface area contributed by atoms with Crippen LogP contribution < -0.4 is 19.1 Å². The van der Waals surface area contributed by atoms with Crippen molar-refractivity contribution in [1.82, 2.24) is 5.32 Å². The van der Waals surface area contributed by atoms with Crippen LogP contribution in [0.3, 0.4) is 0 Å². The summed E-state index contributed by atoms with van der Waals surface area (Å²) in [4.78, 5) is 12.6. The number of alkyl halides is 3. The third kappa shape index (κ3) is 6.11. The molecule has 1 N–H and O–H groups in total. The molecule has 0 saturated carbocycles. The Bertz CT molecular complexity index is 1400. The van der Waals surface area contributed by atoms with Crippen LogP contribution in [0, 0.1) is 6.92 Å². The van der Waals surface area contributed by atoms with E-state index in [-0.39, 0.29) is 23.7 Å². The van der Waals surface area contributed by atoms with Crippen molar-refractivity contribution in [3.05, 3.63) is 82.9 Å². The number of ether oxygens (including phenoxy) is 2. The van der Waals surface area contributed by atoms with Crippen molar-refractivity contribution >= 4 is 33.2 Å². The molecule has 7 nitrogen and oxygen atoms in total. The monoisotopic (exact) mass is 554 g/mol. The van der Waals surface area contributed by atoms with Gasteiger partial charge >= 0.3 is 6.18 Å². The summed E-state index contributed by atoms with van der Waals surface area (Å²) in [7, 11) is -4.42. The van der Waals surface area contributed by atoms with E-state index in [0.29, 0.717) is 21.9 Å². The van der Waals surface area contributed by atoms with E-state index < -0.39 is 45.3 Å². The number of para-hydroxylation sites is 2. The Balaban J connectivity index is 1.58. The zero-order chi connectivity index (χ0) is 26.8. The molecule has 196 valence electrons. The molecule has 0 saturated heterocycles. The molecule has 0 radical (unpaired) electrons. The van der Waals surface area contributed by atoms with Gasteiger partial charge in [0.25, 0.3) is 10.0 Å². The molecule has 0 fully saturated rings. The van der Waals surface area contributed by atoms with Crippen LogP contribution >= 0.6 is 11.6 Å². The van der Waals surface area contributed by atoms with Crippen molar-refractivity contribution in [3.8, 4) is 11.5 Å². The number of nitrogens with one attached hydrogen (secondary N) is 1. The lowest BCUT2D eigenvalue weighted by molar-refractivity contribution is -0.137. The van der Waals surface area contributed by atoms with Gasteiger partial charge in [-0.15, -0.1) is 0 Å². The number of hydrogen-bond donors (Lipinski definition) is 1. The molecule has 0 unspecified atom stereocenters. The number of rotatable bonds is 7. The number of halogens is 4. The Morgan fingerprint density at radius 3 is 2.43 bits per heavy atom. The van der Waals surface area contributed by atoms with Crippen molar-refractivity contribution in [3.63, 3.8) is 0 Å². The number of amides is 1. The number of benzene rings is 3. The number of anilines is 1. The summed E-state index contributed by atoms with van der Waals surface area (Å²) < 4.78 is 79.4. The summed E-state index contributed by atoms with van der Waals surface area (Å²) in [6.45, 7) is 1.11. The van der Waals surface area contributed by atoms with E-state index in [4.69, 9.17) is 21.1 Å². The molecule has 1 heterocycles. The minimum absolute atomic E-state index is 0.0139. The molecule has 4 rings (SSSR count). The van der Waals surface area contributed by atoms with Crippen LogP contribution in [0.1, 0.15) is 11.1 Å². The van der Waals surface area contributed by atoms with Gasteiger partial charge in [-0.25, -0.2) is 8.42 Å². The number of hydrogen-bond acceptors (Lipinski definition) is 5. The van der Waals surface area contributed by atoms with Gasteiger partial charge in [0.15, 0.2) is 11.5 Å². The average molecular weight is 555 g/mol. The molecule has 1 atom stereocenters. The van der Waals surface area contributed by atoms with Gasteiger partial charge in [0, 0.05) is 0 Å². The molecular weight excluding hydrogens is 533 g/mol. The van der Waals surface area contributed by atoms with Gasteiger partial charge in [-0.3, -0.25) is 9.10 Å². The first-order valence-electron chi connectivity index (χ1n) is 11.1. The lowest BCUT2D eigenvalue weighted by atomic mass is 10.2. The van der Waals surface area contributed by atoms with E-state index in [1.54, 1.807) is 43.3 Å². The maximum atomic E-state index is 13.5. The maximum absolute atomic E-state index is 13.5. The molecular formula is C25H22ClF3N2O5S. The van der Waals surface area contributed by atoms with Crippen molar-refractivity contribution in [2.24, 2.45) is 0 Å². The first-order chi connectivity index (χ1) is 17.4. The molecule has 1 aliphatic rings. The summed E-state index contributed by atoms with van der Waals surface area (Å²) in [5, 5.41) is 1.98. The zero-order valence-electron chi connectivity index (χ0n) is 19.5. The maximum Gasteiger partial charge on any atom is 0.417 e. The fraction of sp³-hybridized carbons (Fsp3) is 0.240. The first kappa shape index (κ1) is 26.6. The number of fused-ring (bicyclic) bond motifs is 1. The van der Waals surface area contributed by atoms with Crippen LogP contribution in [-0.4, -0.2) is 40.1 Å². The highest BCUT2D eigenvalue weighted by Gasteiger charge is 2.35. The smallest absolute Gasteiger partial charge is 0.417 e. The minimum atomic E-state index is -4.83. The Morgan fingerprint density at radius 2 is 1.76 bits per heavy atom. The van der Waals surface area contributed by atoms with Crippen molar-refractivity contribution < 1.29 is 35.9 Å². The van der Waals surface area contributed by atoms with E-state index in [2.05, 4.69) is 5.32 Å². The second-order valence-corrected chi connectivity index (χ2v) is 10.6. The largest absolute Gasteiger partial charge is 0.486 e. The van der Waals surface area contributed by atoms with Gasteiger partial charge in [0.05, 0.1) is 27.7 Å². The van der Waals surface area contributed by atoms with Crippen LogP contribution in [0.25, 0.3) is 0 Å². The summed E-state index contributed by atoms with van der Waals surface area (Å²) in [6, 6.07) is 15.4. The summed E-state index contributed by atoms with van der Waals surface area (Å²) in [6.07, 6.45) is -5.38. The first-order valence-corrected chi connectivity index (χ1v) is 12.9. The Hall–Kier alpha value is -3.44. The van der Waals surface area contributed by atoms with Crippen molar-refractivity contribution in [2.45, 2.75) is 24.1 Å². The van der Waals surface area contributed by atoms with E-state index in [0.717, 1.165) is 17.7 Å². The zero-order valence-corrected chi connectivity index (χ0v) is 21.0. The fourth-order valence-corrected chi connectivity index (χ4v) is 5.25. The standard InChI is InChI=1S/C25H22ClF3N2O5S/c1-16-6-9-19(10-7-16)37(33,34)31(17-8-11-21(26)20(12-17)25(27,28)29)14-24(32)30-13-18-15-35-22-4-2-3-5-23(22)36-18/h2-12,18H,13-15H2,1H3,(H,30,32)/t18-/m1/s1. The summed E-state index contributed by atoms with van der Waals surface area (Å²) in [5.41, 5.74) is -0.799. The van der Waals surface area contributed by atoms with E-state index in [1.807, 2.05) is 0 Å². The number of aryl methyl sites for hydroxylation is 1. The Labute approximate surface area is 216 Å².